The van der Waals surface area contributed by atoms with Gasteiger partial charge in [0.1, 0.15) is 5.60 Å². The van der Waals surface area contributed by atoms with Gasteiger partial charge in [0.15, 0.2) is 0 Å². The first-order chi connectivity index (χ1) is 8.24. The summed E-state index contributed by atoms with van der Waals surface area (Å²) in [5, 5.41) is 9.33. The van der Waals surface area contributed by atoms with Gasteiger partial charge in [-0.05, 0) is 52.9 Å². The van der Waals surface area contributed by atoms with E-state index in [2.05, 4.69) is 6.92 Å². The van der Waals surface area contributed by atoms with Gasteiger partial charge in [-0.2, -0.15) is 0 Å². The molecule has 0 aromatic rings. The second kappa shape index (κ2) is 5.91. The Hall–Kier alpha value is -0.770. The second-order valence-electron chi connectivity index (χ2n) is 6.49. The molecule has 0 bridgehead atoms. The van der Waals surface area contributed by atoms with E-state index >= 15 is 0 Å². The molecule has 4 heteroatoms. The van der Waals surface area contributed by atoms with Crippen molar-refractivity contribution in [2.24, 2.45) is 5.92 Å². The summed E-state index contributed by atoms with van der Waals surface area (Å²) in [6.45, 7) is 9.64. The first kappa shape index (κ1) is 15.3. The molecule has 0 saturated heterocycles. The molecule has 1 aliphatic carbocycles. The summed E-state index contributed by atoms with van der Waals surface area (Å²) in [6, 6.07) is 0.0205. The minimum Gasteiger partial charge on any atom is -0.444 e. The van der Waals surface area contributed by atoms with Crippen molar-refractivity contribution in [1.29, 1.82) is 0 Å². The molecule has 0 radical (unpaired) electrons. The van der Waals surface area contributed by atoms with Gasteiger partial charge < -0.3 is 14.7 Å². The van der Waals surface area contributed by atoms with Gasteiger partial charge in [-0.25, -0.2) is 4.79 Å². The molecule has 1 N–H and O–H groups in total. The maximum absolute atomic E-state index is 12.2. The van der Waals surface area contributed by atoms with Crippen molar-refractivity contribution in [3.8, 4) is 0 Å². The van der Waals surface area contributed by atoms with Crippen LogP contribution in [0, 0.1) is 5.92 Å². The first-order valence-corrected chi connectivity index (χ1v) is 6.86. The minimum absolute atomic E-state index is 0.0237. The average Bonchev–Trinajstić information content (AvgIpc) is 2.62. The van der Waals surface area contributed by atoms with Crippen molar-refractivity contribution in [2.75, 3.05) is 6.61 Å². The van der Waals surface area contributed by atoms with Gasteiger partial charge in [-0.15, -0.1) is 0 Å². The monoisotopic (exact) mass is 257 g/mol. The summed E-state index contributed by atoms with van der Waals surface area (Å²) in [5.74, 6) is 0.644. The van der Waals surface area contributed by atoms with Crippen molar-refractivity contribution in [3.05, 3.63) is 0 Å². The van der Waals surface area contributed by atoms with Crippen LogP contribution in [0.25, 0.3) is 0 Å². The van der Waals surface area contributed by atoms with Crippen LogP contribution in [0.1, 0.15) is 53.9 Å². The van der Waals surface area contributed by atoms with E-state index in [1.165, 1.54) is 0 Å². The van der Waals surface area contributed by atoms with E-state index in [0.717, 1.165) is 19.3 Å². The third kappa shape index (κ3) is 4.16. The lowest BCUT2D eigenvalue weighted by atomic mass is 10.1. The van der Waals surface area contributed by atoms with E-state index < -0.39 is 5.60 Å². The van der Waals surface area contributed by atoms with Crippen LogP contribution < -0.4 is 0 Å². The van der Waals surface area contributed by atoms with Crippen LogP contribution in [-0.2, 0) is 4.74 Å². The number of aliphatic hydroxyl groups is 1. The van der Waals surface area contributed by atoms with Gasteiger partial charge >= 0.3 is 6.09 Å². The minimum atomic E-state index is -0.491. The number of rotatable bonds is 3. The Morgan fingerprint density at radius 1 is 1.44 bits per heavy atom. The molecule has 18 heavy (non-hydrogen) atoms. The zero-order valence-electron chi connectivity index (χ0n) is 12.3. The molecule has 3 atom stereocenters. The molecule has 0 spiro atoms. The molecule has 1 aliphatic rings. The van der Waals surface area contributed by atoms with E-state index in [1.807, 2.05) is 27.7 Å². The van der Waals surface area contributed by atoms with Crippen molar-refractivity contribution in [3.63, 3.8) is 0 Å². The van der Waals surface area contributed by atoms with Gasteiger partial charge in [-0.1, -0.05) is 6.92 Å². The summed E-state index contributed by atoms with van der Waals surface area (Å²) in [4.78, 5) is 14.0. The first-order valence-electron chi connectivity index (χ1n) is 6.86. The van der Waals surface area contributed by atoms with Crippen LogP contribution in [0.5, 0.6) is 0 Å². The van der Waals surface area contributed by atoms with E-state index in [-0.39, 0.29) is 24.8 Å². The summed E-state index contributed by atoms with van der Waals surface area (Å²) < 4.78 is 5.45. The number of carbonyl (C=O) groups excluding carboxylic acids is 1. The highest BCUT2D eigenvalue weighted by atomic mass is 16.6. The summed E-state index contributed by atoms with van der Waals surface area (Å²) in [7, 11) is 0. The Labute approximate surface area is 110 Å². The third-order valence-corrected chi connectivity index (χ3v) is 3.40. The SMILES string of the molecule is CC1CCC(N(C(=O)OC(C)(C)C)C(C)CO)C1. The fourth-order valence-electron chi connectivity index (χ4n) is 2.52. The number of carbonyl (C=O) groups is 1. The number of hydrogen-bond donors (Lipinski definition) is 1. The molecule has 1 fully saturated rings. The lowest BCUT2D eigenvalue weighted by Crippen LogP contribution is -2.48. The molecule has 0 heterocycles. The highest BCUT2D eigenvalue weighted by Gasteiger charge is 2.35. The van der Waals surface area contributed by atoms with Crippen LogP contribution in [0.2, 0.25) is 0 Å². The van der Waals surface area contributed by atoms with Gasteiger partial charge in [0.2, 0.25) is 0 Å². The van der Waals surface area contributed by atoms with Crippen molar-refractivity contribution >= 4 is 6.09 Å². The molecule has 1 saturated carbocycles. The third-order valence-electron chi connectivity index (χ3n) is 3.40. The smallest absolute Gasteiger partial charge is 0.410 e. The summed E-state index contributed by atoms with van der Waals surface area (Å²) in [5.41, 5.74) is -0.491. The summed E-state index contributed by atoms with van der Waals surface area (Å²) in [6.07, 6.45) is 2.85. The van der Waals surface area contributed by atoms with Gasteiger partial charge in [0.05, 0.1) is 12.6 Å². The molecular weight excluding hydrogens is 230 g/mol. The maximum atomic E-state index is 12.2. The topological polar surface area (TPSA) is 49.8 Å². The number of hydrogen-bond acceptors (Lipinski definition) is 3. The lowest BCUT2D eigenvalue weighted by molar-refractivity contribution is -0.0000523. The maximum Gasteiger partial charge on any atom is 0.410 e. The normalized spacial score (nSPS) is 25.9. The molecule has 1 amide bonds. The van der Waals surface area contributed by atoms with Crippen molar-refractivity contribution in [1.82, 2.24) is 4.90 Å². The number of nitrogens with zero attached hydrogens (tertiary/aromatic N) is 1. The lowest BCUT2D eigenvalue weighted by Gasteiger charge is -2.35. The molecule has 0 aliphatic heterocycles. The highest BCUT2D eigenvalue weighted by Crippen LogP contribution is 2.31. The van der Waals surface area contributed by atoms with Crippen molar-refractivity contribution < 1.29 is 14.6 Å². The van der Waals surface area contributed by atoms with E-state index in [4.69, 9.17) is 4.74 Å². The Kier molecular flexibility index (Phi) is 5.02. The predicted molar refractivity (Wildman–Crippen MR) is 71.4 cm³/mol. The molecule has 1 rings (SSSR count). The number of ether oxygens (including phenoxy) is 1. The fraction of sp³-hybridized carbons (Fsp3) is 0.929. The Balaban J connectivity index is 2.75. The van der Waals surface area contributed by atoms with Crippen LogP contribution in [0.3, 0.4) is 0 Å². The molecule has 4 nitrogen and oxygen atoms in total. The van der Waals surface area contributed by atoms with E-state index in [0.29, 0.717) is 5.92 Å². The molecule has 0 aromatic heterocycles. The molecule has 0 aromatic carbocycles. The fourth-order valence-corrected chi connectivity index (χ4v) is 2.52. The molecule has 106 valence electrons. The predicted octanol–water partition coefficient (Wildman–Crippen LogP) is 2.79. The van der Waals surface area contributed by atoms with Gasteiger partial charge in [0, 0.05) is 6.04 Å². The zero-order chi connectivity index (χ0) is 13.9. The van der Waals surface area contributed by atoms with Crippen LogP contribution in [-0.4, -0.2) is 40.4 Å². The van der Waals surface area contributed by atoms with Crippen LogP contribution >= 0.6 is 0 Å². The number of aliphatic hydroxyl groups excluding tert-OH is 1. The zero-order valence-corrected chi connectivity index (χ0v) is 12.3. The number of amides is 1. The molecule has 3 unspecified atom stereocenters. The van der Waals surface area contributed by atoms with E-state index in [9.17, 15) is 9.90 Å². The van der Waals surface area contributed by atoms with Crippen LogP contribution in [0.15, 0.2) is 0 Å². The van der Waals surface area contributed by atoms with Crippen LogP contribution in [0.4, 0.5) is 4.79 Å². The quantitative estimate of drug-likeness (QED) is 0.845. The Bertz CT molecular complexity index is 285. The van der Waals surface area contributed by atoms with E-state index in [1.54, 1.807) is 4.90 Å². The second-order valence-corrected chi connectivity index (χ2v) is 6.49. The largest absolute Gasteiger partial charge is 0.444 e. The standard InChI is InChI=1S/C14H27NO3/c1-10-6-7-12(8-10)15(11(2)9-16)13(17)18-14(3,4)5/h10-12,16H,6-9H2,1-5H3. The Morgan fingerprint density at radius 3 is 2.44 bits per heavy atom. The Morgan fingerprint density at radius 2 is 2.06 bits per heavy atom. The van der Waals surface area contributed by atoms with Gasteiger partial charge in [-0.3, -0.25) is 0 Å². The molecular formula is C14H27NO3. The van der Waals surface area contributed by atoms with Gasteiger partial charge in [0.25, 0.3) is 0 Å². The van der Waals surface area contributed by atoms with Crippen molar-refractivity contribution in [2.45, 2.75) is 71.6 Å². The highest BCUT2D eigenvalue weighted by molar-refractivity contribution is 5.69. The summed E-state index contributed by atoms with van der Waals surface area (Å²) >= 11 is 0. The average molecular weight is 257 g/mol.